The Hall–Kier alpha value is -1.31. The van der Waals surface area contributed by atoms with Crippen LogP contribution in [0.2, 0.25) is 0 Å². The van der Waals surface area contributed by atoms with Gasteiger partial charge in [0.2, 0.25) is 11.8 Å². The SMILES string of the molecule is CN(C)C(=O)CN(CC(F)(F)F)C(=O)COC1CCCCC1. The lowest BCUT2D eigenvalue weighted by Crippen LogP contribution is -2.46. The van der Waals surface area contributed by atoms with Gasteiger partial charge in [0.25, 0.3) is 0 Å². The van der Waals surface area contributed by atoms with E-state index in [1.54, 1.807) is 0 Å². The lowest BCUT2D eigenvalue weighted by molar-refractivity contribution is -0.167. The lowest BCUT2D eigenvalue weighted by atomic mass is 9.98. The molecule has 0 spiro atoms. The number of hydrogen-bond donors (Lipinski definition) is 0. The van der Waals surface area contributed by atoms with Crippen LogP contribution in [0.15, 0.2) is 0 Å². The van der Waals surface area contributed by atoms with Crippen molar-refractivity contribution < 1.29 is 27.5 Å². The minimum absolute atomic E-state index is 0.0741. The van der Waals surface area contributed by atoms with Crippen LogP contribution in [0.5, 0.6) is 0 Å². The summed E-state index contributed by atoms with van der Waals surface area (Å²) in [5.74, 6) is -1.37. The minimum Gasteiger partial charge on any atom is -0.368 e. The molecule has 2 amide bonds. The van der Waals surface area contributed by atoms with E-state index in [0.717, 1.165) is 37.0 Å². The smallest absolute Gasteiger partial charge is 0.368 e. The van der Waals surface area contributed by atoms with Gasteiger partial charge in [-0.05, 0) is 12.8 Å². The zero-order valence-corrected chi connectivity index (χ0v) is 13.0. The number of ether oxygens (including phenoxy) is 1. The number of rotatable bonds is 6. The summed E-state index contributed by atoms with van der Waals surface area (Å²) < 4.78 is 43.1. The van der Waals surface area contributed by atoms with Crippen LogP contribution in [0.3, 0.4) is 0 Å². The molecule has 8 heteroatoms. The maximum atomic E-state index is 12.6. The standard InChI is InChI=1S/C14H23F3N2O3/c1-18(2)12(20)8-19(10-14(15,16)17)13(21)9-22-11-6-4-3-5-7-11/h11H,3-10H2,1-2H3. The fraction of sp³-hybridized carbons (Fsp3) is 0.857. The van der Waals surface area contributed by atoms with Crippen molar-refractivity contribution in [2.75, 3.05) is 33.8 Å². The van der Waals surface area contributed by atoms with Gasteiger partial charge in [-0.15, -0.1) is 0 Å². The molecule has 128 valence electrons. The number of likely N-dealkylation sites (N-methyl/N-ethyl adjacent to an activating group) is 1. The highest BCUT2D eigenvalue weighted by Crippen LogP contribution is 2.21. The van der Waals surface area contributed by atoms with Crippen molar-refractivity contribution in [3.63, 3.8) is 0 Å². The van der Waals surface area contributed by atoms with E-state index in [2.05, 4.69) is 0 Å². The quantitative estimate of drug-likeness (QED) is 0.749. The van der Waals surface area contributed by atoms with Crippen molar-refractivity contribution in [3.8, 4) is 0 Å². The van der Waals surface area contributed by atoms with Crippen LogP contribution in [0, 0.1) is 0 Å². The fourth-order valence-corrected chi connectivity index (χ4v) is 2.27. The Morgan fingerprint density at radius 3 is 2.18 bits per heavy atom. The summed E-state index contributed by atoms with van der Waals surface area (Å²) in [6.45, 7) is -2.46. The molecule has 0 N–H and O–H groups in total. The second-order valence-electron chi connectivity index (χ2n) is 5.72. The molecule has 0 radical (unpaired) electrons. The third-order valence-corrected chi connectivity index (χ3v) is 3.54. The third kappa shape index (κ3) is 7.11. The molecule has 0 aromatic carbocycles. The highest BCUT2D eigenvalue weighted by atomic mass is 19.4. The van der Waals surface area contributed by atoms with Gasteiger partial charge in [-0.2, -0.15) is 13.2 Å². The van der Waals surface area contributed by atoms with Crippen molar-refractivity contribution in [1.82, 2.24) is 9.80 Å². The molecule has 1 aliphatic rings. The van der Waals surface area contributed by atoms with Crippen LogP contribution in [0.1, 0.15) is 32.1 Å². The zero-order chi connectivity index (χ0) is 16.8. The van der Waals surface area contributed by atoms with Gasteiger partial charge in [0, 0.05) is 14.1 Å². The molecule has 0 unspecified atom stereocenters. The van der Waals surface area contributed by atoms with E-state index < -0.39 is 37.7 Å². The number of carbonyl (C=O) groups is 2. The Labute approximate surface area is 128 Å². The van der Waals surface area contributed by atoms with E-state index in [0.29, 0.717) is 4.90 Å². The molecule has 0 aromatic rings. The largest absolute Gasteiger partial charge is 0.406 e. The first-order valence-corrected chi connectivity index (χ1v) is 7.35. The second-order valence-corrected chi connectivity index (χ2v) is 5.72. The average Bonchev–Trinajstić information content (AvgIpc) is 2.43. The number of amides is 2. The van der Waals surface area contributed by atoms with E-state index >= 15 is 0 Å². The first kappa shape index (κ1) is 18.7. The molecule has 0 heterocycles. The van der Waals surface area contributed by atoms with Crippen molar-refractivity contribution >= 4 is 11.8 Å². The van der Waals surface area contributed by atoms with Gasteiger partial charge in [0.1, 0.15) is 19.7 Å². The van der Waals surface area contributed by atoms with Crippen LogP contribution in [0.4, 0.5) is 13.2 Å². The predicted octanol–water partition coefficient (Wildman–Crippen LogP) is 1.81. The predicted molar refractivity (Wildman–Crippen MR) is 74.2 cm³/mol. The molecule has 22 heavy (non-hydrogen) atoms. The maximum absolute atomic E-state index is 12.6. The number of alkyl halides is 3. The summed E-state index contributed by atoms with van der Waals surface area (Å²) in [6, 6.07) is 0. The summed E-state index contributed by atoms with van der Waals surface area (Å²) in [5, 5.41) is 0. The van der Waals surface area contributed by atoms with Crippen LogP contribution < -0.4 is 0 Å². The Bertz CT molecular complexity index is 380. The van der Waals surface area contributed by atoms with E-state index in [9.17, 15) is 22.8 Å². The fourth-order valence-electron chi connectivity index (χ4n) is 2.27. The molecular weight excluding hydrogens is 301 g/mol. The molecule has 1 fully saturated rings. The molecule has 0 aliphatic heterocycles. The number of nitrogens with zero attached hydrogens (tertiary/aromatic N) is 2. The topological polar surface area (TPSA) is 49.9 Å². The number of hydrogen-bond acceptors (Lipinski definition) is 3. The van der Waals surface area contributed by atoms with E-state index in [1.807, 2.05) is 0 Å². The van der Waals surface area contributed by atoms with Crippen molar-refractivity contribution in [3.05, 3.63) is 0 Å². The molecule has 1 aliphatic carbocycles. The third-order valence-electron chi connectivity index (χ3n) is 3.54. The van der Waals surface area contributed by atoms with Crippen LogP contribution in [0.25, 0.3) is 0 Å². The average molecular weight is 324 g/mol. The Kier molecular flexibility index (Phi) is 7.12. The van der Waals surface area contributed by atoms with E-state index in [-0.39, 0.29) is 6.10 Å². The number of halogens is 3. The monoisotopic (exact) mass is 324 g/mol. The van der Waals surface area contributed by atoms with Crippen LogP contribution in [-0.2, 0) is 14.3 Å². The summed E-state index contributed by atoms with van der Waals surface area (Å²) >= 11 is 0. The van der Waals surface area contributed by atoms with Crippen LogP contribution in [-0.4, -0.2) is 67.7 Å². The summed E-state index contributed by atoms with van der Waals surface area (Å²) in [5.41, 5.74) is 0. The van der Waals surface area contributed by atoms with Gasteiger partial charge in [-0.3, -0.25) is 9.59 Å². The summed E-state index contributed by atoms with van der Waals surface area (Å²) in [4.78, 5) is 25.2. The normalized spacial score (nSPS) is 16.4. The van der Waals surface area contributed by atoms with Gasteiger partial charge >= 0.3 is 6.18 Å². The van der Waals surface area contributed by atoms with Gasteiger partial charge < -0.3 is 14.5 Å². The maximum Gasteiger partial charge on any atom is 0.406 e. The molecule has 0 saturated heterocycles. The molecule has 5 nitrogen and oxygen atoms in total. The van der Waals surface area contributed by atoms with Crippen LogP contribution >= 0.6 is 0 Å². The highest BCUT2D eigenvalue weighted by Gasteiger charge is 2.34. The van der Waals surface area contributed by atoms with E-state index in [4.69, 9.17) is 4.74 Å². The molecule has 1 rings (SSSR count). The van der Waals surface area contributed by atoms with Gasteiger partial charge in [-0.25, -0.2) is 0 Å². The molecule has 0 bridgehead atoms. The first-order valence-electron chi connectivity index (χ1n) is 7.35. The van der Waals surface area contributed by atoms with Gasteiger partial charge in [-0.1, -0.05) is 19.3 Å². The summed E-state index contributed by atoms with van der Waals surface area (Å²) in [7, 11) is 2.86. The van der Waals surface area contributed by atoms with Crippen molar-refractivity contribution in [2.24, 2.45) is 0 Å². The molecular formula is C14H23F3N2O3. The first-order chi connectivity index (χ1) is 10.2. The summed E-state index contributed by atoms with van der Waals surface area (Å²) in [6.07, 6.45) is 0.147. The Morgan fingerprint density at radius 2 is 1.68 bits per heavy atom. The Morgan fingerprint density at radius 1 is 1.09 bits per heavy atom. The molecule has 0 aromatic heterocycles. The van der Waals surface area contributed by atoms with Gasteiger partial charge in [0.15, 0.2) is 0 Å². The highest BCUT2D eigenvalue weighted by molar-refractivity contribution is 5.85. The van der Waals surface area contributed by atoms with Gasteiger partial charge in [0.05, 0.1) is 6.10 Å². The van der Waals surface area contributed by atoms with Crippen molar-refractivity contribution in [1.29, 1.82) is 0 Å². The number of carbonyl (C=O) groups excluding carboxylic acids is 2. The minimum atomic E-state index is -4.55. The lowest BCUT2D eigenvalue weighted by Gasteiger charge is -2.27. The second kappa shape index (κ2) is 8.36. The van der Waals surface area contributed by atoms with Crippen molar-refractivity contribution in [2.45, 2.75) is 44.4 Å². The molecule has 0 atom stereocenters. The zero-order valence-electron chi connectivity index (χ0n) is 13.0. The Balaban J connectivity index is 2.55. The van der Waals surface area contributed by atoms with E-state index in [1.165, 1.54) is 14.1 Å². The molecule has 1 saturated carbocycles.